The molecular formula is C43H31N. The molecule has 0 N–H and O–H groups in total. The zero-order valence-corrected chi connectivity index (χ0v) is 24.6. The number of allylic oxidation sites excluding steroid dienone is 3. The number of rotatable bonds is 5. The topological polar surface area (TPSA) is 4.93 Å². The van der Waals surface area contributed by atoms with Crippen molar-refractivity contribution in [1.29, 1.82) is 0 Å². The van der Waals surface area contributed by atoms with Crippen molar-refractivity contribution in [2.24, 2.45) is 0 Å². The summed E-state index contributed by atoms with van der Waals surface area (Å²) in [7, 11) is 0. The number of fused-ring (bicyclic) bond motifs is 6. The first-order valence-corrected chi connectivity index (χ1v) is 15.2. The van der Waals surface area contributed by atoms with Crippen molar-refractivity contribution in [3.05, 3.63) is 169 Å². The van der Waals surface area contributed by atoms with Crippen molar-refractivity contribution in [1.82, 2.24) is 4.57 Å². The number of aromatic nitrogens is 1. The molecule has 1 aromatic heterocycles. The molecule has 0 atom stereocenters. The first-order chi connectivity index (χ1) is 21.8. The monoisotopic (exact) mass is 561 g/mol. The van der Waals surface area contributed by atoms with Gasteiger partial charge in [0.2, 0.25) is 0 Å². The fourth-order valence-electron chi connectivity index (χ4n) is 6.47. The average molecular weight is 562 g/mol. The Kier molecular flexibility index (Phi) is 6.43. The van der Waals surface area contributed by atoms with Gasteiger partial charge in [0.15, 0.2) is 0 Å². The molecule has 0 aliphatic heterocycles. The Morgan fingerprint density at radius 2 is 1.07 bits per heavy atom. The summed E-state index contributed by atoms with van der Waals surface area (Å²) in [5, 5.41) is 7.55. The van der Waals surface area contributed by atoms with Gasteiger partial charge in [-0.1, -0.05) is 140 Å². The molecule has 0 radical (unpaired) electrons. The highest BCUT2D eigenvalue weighted by atomic mass is 15.0. The first-order valence-electron chi connectivity index (χ1n) is 15.2. The van der Waals surface area contributed by atoms with Crippen LogP contribution in [0.4, 0.5) is 0 Å². The van der Waals surface area contributed by atoms with E-state index in [-0.39, 0.29) is 0 Å². The summed E-state index contributed by atoms with van der Waals surface area (Å²) in [5.74, 6) is 0. The second-order valence-electron chi connectivity index (χ2n) is 11.4. The molecular weight excluding hydrogens is 530 g/mol. The van der Waals surface area contributed by atoms with E-state index in [0.29, 0.717) is 0 Å². The number of para-hydroxylation sites is 1. The lowest BCUT2D eigenvalue weighted by atomic mass is 9.98. The van der Waals surface area contributed by atoms with Crippen LogP contribution in [0.15, 0.2) is 164 Å². The van der Waals surface area contributed by atoms with Crippen molar-refractivity contribution >= 4 is 49.4 Å². The molecule has 0 fully saturated rings. The normalized spacial score (nSPS) is 12.0. The van der Waals surface area contributed by atoms with Crippen LogP contribution in [0.3, 0.4) is 0 Å². The van der Waals surface area contributed by atoms with Crippen LogP contribution < -0.4 is 0 Å². The van der Waals surface area contributed by atoms with Gasteiger partial charge in [-0.15, -0.1) is 0 Å². The third-order valence-corrected chi connectivity index (χ3v) is 8.68. The van der Waals surface area contributed by atoms with Crippen LogP contribution in [-0.2, 0) is 0 Å². The zero-order chi connectivity index (χ0) is 29.5. The van der Waals surface area contributed by atoms with Crippen LogP contribution in [0.25, 0.3) is 77.4 Å². The maximum atomic E-state index is 2.45. The Morgan fingerprint density at radius 1 is 0.455 bits per heavy atom. The molecule has 8 aromatic rings. The third kappa shape index (κ3) is 4.51. The minimum Gasteiger partial charge on any atom is -0.309 e. The SMILES string of the molecule is C/C=C\C=C\c1ccc(-c2ccc3c(ccc4c5ccc(-c6ccc7ccccc7c6)cc5n(-c5ccccc5)c34)c2)cc1. The molecule has 0 spiro atoms. The highest BCUT2D eigenvalue weighted by Gasteiger charge is 2.16. The maximum Gasteiger partial charge on any atom is 0.0619 e. The van der Waals surface area contributed by atoms with Crippen LogP contribution in [0.1, 0.15) is 12.5 Å². The van der Waals surface area contributed by atoms with Crippen molar-refractivity contribution in [2.75, 3.05) is 0 Å². The largest absolute Gasteiger partial charge is 0.309 e. The molecule has 1 nitrogen and oxygen atoms in total. The van der Waals surface area contributed by atoms with Crippen LogP contribution in [0, 0.1) is 0 Å². The molecule has 8 rings (SSSR count). The second kappa shape index (κ2) is 10.9. The number of hydrogen-bond donors (Lipinski definition) is 0. The van der Waals surface area contributed by atoms with Crippen molar-refractivity contribution in [2.45, 2.75) is 6.92 Å². The first kappa shape index (κ1) is 26.0. The summed E-state index contributed by atoms with van der Waals surface area (Å²) in [5.41, 5.74) is 9.73. The average Bonchev–Trinajstić information content (AvgIpc) is 3.43. The summed E-state index contributed by atoms with van der Waals surface area (Å²) in [6.07, 6.45) is 8.30. The van der Waals surface area contributed by atoms with E-state index in [4.69, 9.17) is 0 Å². The minimum atomic E-state index is 1.17. The Hall–Kier alpha value is -5.66. The lowest BCUT2D eigenvalue weighted by Gasteiger charge is -2.11. The van der Waals surface area contributed by atoms with E-state index in [9.17, 15) is 0 Å². The fraction of sp³-hybridized carbons (Fsp3) is 0.0233. The van der Waals surface area contributed by atoms with Gasteiger partial charge in [-0.05, 0) is 81.2 Å². The van der Waals surface area contributed by atoms with Gasteiger partial charge in [-0.3, -0.25) is 0 Å². The molecule has 7 aromatic carbocycles. The van der Waals surface area contributed by atoms with Gasteiger partial charge < -0.3 is 4.57 Å². The fourth-order valence-corrected chi connectivity index (χ4v) is 6.47. The summed E-state index contributed by atoms with van der Waals surface area (Å²) in [6.45, 7) is 2.03. The molecule has 0 amide bonds. The van der Waals surface area contributed by atoms with Gasteiger partial charge in [0.05, 0.1) is 11.0 Å². The lowest BCUT2D eigenvalue weighted by molar-refractivity contribution is 1.19. The second-order valence-corrected chi connectivity index (χ2v) is 11.4. The van der Waals surface area contributed by atoms with Gasteiger partial charge in [-0.25, -0.2) is 0 Å². The van der Waals surface area contributed by atoms with Gasteiger partial charge in [0, 0.05) is 21.8 Å². The van der Waals surface area contributed by atoms with Crippen LogP contribution >= 0.6 is 0 Å². The van der Waals surface area contributed by atoms with E-state index in [1.165, 1.54) is 76.9 Å². The van der Waals surface area contributed by atoms with Gasteiger partial charge in [0.25, 0.3) is 0 Å². The van der Waals surface area contributed by atoms with Gasteiger partial charge in [-0.2, -0.15) is 0 Å². The Bertz CT molecular complexity index is 2370. The van der Waals surface area contributed by atoms with Crippen LogP contribution in [-0.4, -0.2) is 4.57 Å². The van der Waals surface area contributed by atoms with E-state index in [0.717, 1.165) is 0 Å². The zero-order valence-electron chi connectivity index (χ0n) is 24.6. The quantitative estimate of drug-likeness (QED) is 0.184. The predicted octanol–water partition coefficient (Wildman–Crippen LogP) is 12.0. The van der Waals surface area contributed by atoms with E-state index >= 15 is 0 Å². The molecule has 1 heteroatoms. The Labute approximate surface area is 257 Å². The predicted molar refractivity (Wildman–Crippen MR) is 191 cm³/mol. The maximum absolute atomic E-state index is 2.45. The van der Waals surface area contributed by atoms with Crippen LogP contribution in [0.2, 0.25) is 0 Å². The smallest absolute Gasteiger partial charge is 0.0619 e. The van der Waals surface area contributed by atoms with Crippen molar-refractivity contribution < 1.29 is 0 Å². The highest BCUT2D eigenvalue weighted by Crippen LogP contribution is 2.39. The molecule has 0 bridgehead atoms. The third-order valence-electron chi connectivity index (χ3n) is 8.68. The van der Waals surface area contributed by atoms with Crippen molar-refractivity contribution in [3.8, 4) is 27.9 Å². The minimum absolute atomic E-state index is 1.17. The number of nitrogens with zero attached hydrogens (tertiary/aromatic N) is 1. The summed E-state index contributed by atoms with van der Waals surface area (Å²) in [4.78, 5) is 0. The molecule has 208 valence electrons. The van der Waals surface area contributed by atoms with E-state index in [1.54, 1.807) is 0 Å². The van der Waals surface area contributed by atoms with E-state index in [1.807, 2.05) is 13.0 Å². The number of benzene rings is 7. The summed E-state index contributed by atoms with van der Waals surface area (Å²) in [6, 6.07) is 53.3. The van der Waals surface area contributed by atoms with Crippen molar-refractivity contribution in [3.63, 3.8) is 0 Å². The lowest BCUT2D eigenvalue weighted by Crippen LogP contribution is -1.94. The molecule has 0 aliphatic rings. The molecule has 44 heavy (non-hydrogen) atoms. The summed E-state index contributed by atoms with van der Waals surface area (Å²) < 4.78 is 2.45. The molecule has 0 aliphatic carbocycles. The van der Waals surface area contributed by atoms with E-state index in [2.05, 4.69) is 168 Å². The molecule has 0 unspecified atom stereocenters. The Morgan fingerprint density at radius 3 is 1.89 bits per heavy atom. The standard InChI is InChI=1S/C43H31N/c1-2-3-5-10-30-15-17-32(18-16-30)34-21-24-39-37(28-34)23-26-41-40-25-22-36(35-20-19-31-11-8-9-12-33(31)27-35)29-42(40)44(43(39)41)38-13-6-4-7-14-38/h2-29H,1H3/b3-2-,10-5+. The molecule has 0 saturated heterocycles. The van der Waals surface area contributed by atoms with Crippen LogP contribution in [0.5, 0.6) is 0 Å². The van der Waals surface area contributed by atoms with E-state index < -0.39 is 0 Å². The number of hydrogen-bond acceptors (Lipinski definition) is 0. The van der Waals surface area contributed by atoms with Gasteiger partial charge in [0.1, 0.15) is 0 Å². The Balaban J connectivity index is 1.31. The highest BCUT2D eigenvalue weighted by molar-refractivity contribution is 6.19. The molecule has 1 heterocycles. The summed E-state index contributed by atoms with van der Waals surface area (Å²) >= 11 is 0. The van der Waals surface area contributed by atoms with Gasteiger partial charge >= 0.3 is 0 Å². The molecule has 0 saturated carbocycles.